The van der Waals surface area contributed by atoms with Crippen LogP contribution in [0, 0.1) is 23.3 Å². The van der Waals surface area contributed by atoms with Gasteiger partial charge in [0.05, 0.1) is 5.56 Å². The van der Waals surface area contributed by atoms with Crippen molar-refractivity contribution in [3.8, 4) is 44.9 Å². The normalized spacial score (nSPS) is 11.9. The van der Waals surface area contributed by atoms with Crippen molar-refractivity contribution in [2.45, 2.75) is 45.1 Å². The Morgan fingerprint density at radius 3 is 1.60 bits per heavy atom. The fourth-order valence-corrected chi connectivity index (χ4v) is 5.14. The first-order valence-electron chi connectivity index (χ1n) is 14.9. The lowest BCUT2D eigenvalue weighted by atomic mass is 9.97. The van der Waals surface area contributed by atoms with Gasteiger partial charge in [0.2, 0.25) is 5.75 Å². The highest BCUT2D eigenvalue weighted by Gasteiger charge is 2.35. The summed E-state index contributed by atoms with van der Waals surface area (Å²) in [6, 6.07) is 19.9. The second-order valence-corrected chi connectivity index (χ2v) is 11.0. The number of rotatable bonds is 11. The van der Waals surface area contributed by atoms with E-state index in [2.05, 4.69) is 11.7 Å². The molecule has 0 bridgehead atoms. The van der Waals surface area contributed by atoms with E-state index < -0.39 is 47.1 Å². The van der Waals surface area contributed by atoms with Crippen LogP contribution in [0.2, 0.25) is 0 Å². The van der Waals surface area contributed by atoms with Crippen LogP contribution in [-0.2, 0) is 12.5 Å². The molecule has 0 aliphatic carbocycles. The summed E-state index contributed by atoms with van der Waals surface area (Å²) in [6.07, 6.45) is -5.02. The van der Waals surface area contributed by atoms with E-state index in [1.807, 2.05) is 0 Å². The Labute approximate surface area is 270 Å². The minimum Gasteiger partial charge on any atom is -0.429 e. The molecule has 0 aliphatic rings. The quantitative estimate of drug-likeness (QED) is 0.103. The molecule has 0 radical (unpaired) electrons. The zero-order valence-corrected chi connectivity index (χ0v) is 25.3. The van der Waals surface area contributed by atoms with Crippen molar-refractivity contribution in [2.24, 2.45) is 0 Å². The van der Waals surface area contributed by atoms with Crippen LogP contribution in [-0.4, -0.2) is 6.36 Å². The van der Waals surface area contributed by atoms with Crippen LogP contribution in [0.4, 0.5) is 39.5 Å². The van der Waals surface area contributed by atoms with E-state index in [0.717, 1.165) is 49.4 Å². The lowest BCUT2D eigenvalue weighted by Gasteiger charge is -2.19. The topological polar surface area (TPSA) is 18.5 Å². The Hall–Kier alpha value is -4.93. The molecule has 0 aliphatic heterocycles. The van der Waals surface area contributed by atoms with Gasteiger partial charge in [0.25, 0.3) is 0 Å². The molecule has 0 aromatic heterocycles. The predicted octanol–water partition coefficient (Wildman–Crippen LogP) is 12.0. The van der Waals surface area contributed by atoms with Gasteiger partial charge in [-0.05, 0) is 89.2 Å². The molecule has 0 amide bonds. The number of alkyl halides is 5. The maximum absolute atomic E-state index is 15.2. The summed E-state index contributed by atoms with van der Waals surface area (Å²) in [7, 11) is 0. The monoisotopic (exact) mass is 674 g/mol. The lowest BCUT2D eigenvalue weighted by Crippen LogP contribution is -2.21. The van der Waals surface area contributed by atoms with Gasteiger partial charge >= 0.3 is 12.5 Å². The largest absolute Gasteiger partial charge is 0.573 e. The molecule has 0 fully saturated rings. The molecule has 11 heteroatoms. The van der Waals surface area contributed by atoms with Crippen molar-refractivity contribution >= 4 is 0 Å². The zero-order chi connectivity index (χ0) is 34.6. The predicted molar refractivity (Wildman–Crippen MR) is 163 cm³/mol. The summed E-state index contributed by atoms with van der Waals surface area (Å²) >= 11 is 0. The average molecular weight is 675 g/mol. The molecule has 2 nitrogen and oxygen atoms in total. The van der Waals surface area contributed by atoms with E-state index in [4.69, 9.17) is 4.74 Å². The van der Waals surface area contributed by atoms with E-state index in [9.17, 15) is 30.7 Å². The Morgan fingerprint density at radius 2 is 1.04 bits per heavy atom. The van der Waals surface area contributed by atoms with E-state index >= 15 is 8.78 Å². The lowest BCUT2D eigenvalue weighted by molar-refractivity contribution is -0.276. The zero-order valence-electron chi connectivity index (χ0n) is 25.3. The smallest absolute Gasteiger partial charge is 0.429 e. The molecule has 5 aromatic rings. The minimum atomic E-state index is -5.34. The number of unbranched alkanes of at least 4 members (excludes halogenated alkanes) is 2. The minimum absolute atomic E-state index is 0.0218. The molecule has 0 unspecified atom stereocenters. The van der Waals surface area contributed by atoms with E-state index in [1.54, 1.807) is 12.1 Å². The van der Waals surface area contributed by atoms with Gasteiger partial charge in [-0.2, -0.15) is 8.78 Å². The molecule has 5 aromatic carbocycles. The highest BCUT2D eigenvalue weighted by Crippen LogP contribution is 2.37. The summed E-state index contributed by atoms with van der Waals surface area (Å²) < 4.78 is 134. The highest BCUT2D eigenvalue weighted by atomic mass is 19.4. The van der Waals surface area contributed by atoms with Crippen molar-refractivity contribution in [1.82, 2.24) is 0 Å². The first-order valence-corrected chi connectivity index (χ1v) is 14.9. The van der Waals surface area contributed by atoms with Gasteiger partial charge in [-0.3, -0.25) is 0 Å². The van der Waals surface area contributed by atoms with Crippen LogP contribution >= 0.6 is 0 Å². The molecule has 0 atom stereocenters. The van der Waals surface area contributed by atoms with Crippen molar-refractivity contribution in [3.63, 3.8) is 0 Å². The molecule has 48 heavy (non-hydrogen) atoms. The number of ether oxygens (including phenoxy) is 2. The number of benzene rings is 5. The van der Waals surface area contributed by atoms with Gasteiger partial charge < -0.3 is 9.47 Å². The van der Waals surface area contributed by atoms with E-state index in [0.29, 0.717) is 23.3 Å². The first-order chi connectivity index (χ1) is 22.7. The molecule has 0 heterocycles. The van der Waals surface area contributed by atoms with Crippen molar-refractivity contribution < 1.29 is 49.0 Å². The number of hydrogen-bond acceptors (Lipinski definition) is 2. The second kappa shape index (κ2) is 14.0. The van der Waals surface area contributed by atoms with Crippen LogP contribution in [0.3, 0.4) is 0 Å². The Morgan fingerprint density at radius 1 is 0.521 bits per heavy atom. The van der Waals surface area contributed by atoms with Gasteiger partial charge in [-0.15, -0.1) is 13.2 Å². The molecule has 0 saturated heterocycles. The standard InChI is InChI=1S/C37H27F9O2/c1-2-3-4-5-22-6-12-27(13-7-22)36(42,43)47-28-14-8-23(9-15-28)24-10-16-29(31(38)18-24)25-11-17-30(32(39)19-25)26-20-33(40)35(34(41)21-26)48-37(44,45)46/h6-21H,2-5H2,1H3. The SMILES string of the molecule is CCCCCc1ccc(C(F)(F)Oc2ccc(-c3ccc(-c4ccc(-c5cc(F)c(OC(F)(F)F)c(F)c5)c(F)c4)c(F)c3)cc2)cc1. The van der Waals surface area contributed by atoms with Crippen molar-refractivity contribution in [3.05, 3.63) is 131 Å². The Balaban J connectivity index is 1.29. The summed E-state index contributed by atoms with van der Waals surface area (Å²) in [6.45, 7) is 2.09. The Bertz CT molecular complexity index is 1860. The van der Waals surface area contributed by atoms with Gasteiger partial charge in [0, 0.05) is 11.1 Å². The van der Waals surface area contributed by atoms with Gasteiger partial charge in [0.1, 0.15) is 17.4 Å². The van der Waals surface area contributed by atoms with Crippen LogP contribution in [0.25, 0.3) is 33.4 Å². The van der Waals surface area contributed by atoms with Gasteiger partial charge in [-0.25, -0.2) is 17.6 Å². The van der Waals surface area contributed by atoms with Crippen molar-refractivity contribution in [2.75, 3.05) is 0 Å². The van der Waals surface area contributed by atoms with Crippen LogP contribution in [0.15, 0.2) is 97.1 Å². The second-order valence-electron chi connectivity index (χ2n) is 11.0. The van der Waals surface area contributed by atoms with Gasteiger partial charge in [0.15, 0.2) is 11.6 Å². The third-order valence-corrected chi connectivity index (χ3v) is 7.57. The molecule has 250 valence electrons. The fourth-order valence-electron chi connectivity index (χ4n) is 5.14. The maximum atomic E-state index is 15.2. The van der Waals surface area contributed by atoms with Crippen LogP contribution in [0.1, 0.15) is 37.3 Å². The fraction of sp³-hybridized carbons (Fsp3) is 0.189. The molecule has 0 N–H and O–H groups in total. The van der Waals surface area contributed by atoms with Gasteiger partial charge in [-0.1, -0.05) is 68.3 Å². The summed E-state index contributed by atoms with van der Waals surface area (Å²) in [5, 5.41) is 0. The first kappa shape index (κ1) is 34.4. The molecular formula is C37H27F9O2. The molecular weight excluding hydrogens is 647 g/mol. The van der Waals surface area contributed by atoms with Crippen LogP contribution in [0.5, 0.6) is 11.5 Å². The highest BCUT2D eigenvalue weighted by molar-refractivity contribution is 5.74. The summed E-state index contributed by atoms with van der Waals surface area (Å²) in [5.41, 5.74) is 0.840. The van der Waals surface area contributed by atoms with Crippen molar-refractivity contribution in [1.29, 1.82) is 0 Å². The molecule has 0 spiro atoms. The molecule has 5 rings (SSSR count). The van der Waals surface area contributed by atoms with E-state index in [-0.39, 0.29) is 28.0 Å². The van der Waals surface area contributed by atoms with Crippen LogP contribution < -0.4 is 9.47 Å². The number of hydrogen-bond donors (Lipinski definition) is 0. The number of aryl methyl sites for hydroxylation is 1. The number of halogens is 9. The third kappa shape index (κ3) is 8.13. The summed E-state index contributed by atoms with van der Waals surface area (Å²) in [4.78, 5) is 0. The molecule has 0 saturated carbocycles. The average Bonchev–Trinajstić information content (AvgIpc) is 3.03. The summed E-state index contributed by atoms with van der Waals surface area (Å²) in [5.74, 6) is -6.94. The Kier molecular flexibility index (Phi) is 10.1. The van der Waals surface area contributed by atoms with E-state index in [1.165, 1.54) is 54.6 Å². The third-order valence-electron chi connectivity index (χ3n) is 7.57. The maximum Gasteiger partial charge on any atom is 0.573 e.